The number of carbonyl (C=O) groups is 1. The van der Waals surface area contributed by atoms with Gasteiger partial charge in [0.05, 0.1) is 23.2 Å². The van der Waals surface area contributed by atoms with E-state index in [1.165, 1.54) is 11.0 Å². The summed E-state index contributed by atoms with van der Waals surface area (Å²) in [5, 5.41) is 20.6. The first-order valence-electron chi connectivity index (χ1n) is 8.23. The van der Waals surface area contributed by atoms with E-state index >= 15 is 0 Å². The normalized spacial score (nSPS) is 10.0. The van der Waals surface area contributed by atoms with Crippen LogP contribution in [0.25, 0.3) is 6.08 Å². The van der Waals surface area contributed by atoms with Gasteiger partial charge in [-0.25, -0.2) is 9.97 Å². The molecule has 0 aliphatic carbocycles. The van der Waals surface area contributed by atoms with Gasteiger partial charge in [0.2, 0.25) is 11.6 Å². The highest BCUT2D eigenvalue weighted by molar-refractivity contribution is 5.79. The van der Waals surface area contributed by atoms with Gasteiger partial charge in [0, 0.05) is 6.54 Å². The van der Waals surface area contributed by atoms with Crippen LogP contribution in [0.4, 0.5) is 17.3 Å². The summed E-state index contributed by atoms with van der Waals surface area (Å²) in [6.07, 6.45) is 1.29. The van der Waals surface area contributed by atoms with Crippen LogP contribution in [0.3, 0.4) is 0 Å². The number of nitrogens with zero attached hydrogens (tertiary/aromatic N) is 5. The minimum atomic E-state index is -0.707. The average Bonchev–Trinajstić information content (AvgIpc) is 2.66. The summed E-state index contributed by atoms with van der Waals surface area (Å²) in [7, 11) is 0. The van der Waals surface area contributed by atoms with E-state index in [-0.39, 0.29) is 37.2 Å². The highest BCUT2D eigenvalue weighted by Crippen LogP contribution is 2.32. The van der Waals surface area contributed by atoms with E-state index in [1.807, 2.05) is 6.07 Å². The first-order valence-corrected chi connectivity index (χ1v) is 8.23. The number of anilines is 2. The molecule has 0 bridgehead atoms. The zero-order valence-corrected chi connectivity index (χ0v) is 15.2. The standard InChI is InChI=1S/C18H18N6O4/c1-3-14-21-17(20)16(24(26)27)18(22-14)23(11-15(25)28-4-2)10-13-7-5-6-12(8-13)9-19/h3,5-8H,1,4,10-11H2,2H3,(H2,20,21,22). The molecule has 2 N–H and O–H groups in total. The number of ether oxygens (including phenoxy) is 1. The van der Waals surface area contributed by atoms with Crippen molar-refractivity contribution < 1.29 is 14.5 Å². The van der Waals surface area contributed by atoms with E-state index in [4.69, 9.17) is 15.7 Å². The fraction of sp³-hybridized carbons (Fsp3) is 0.222. The first-order chi connectivity index (χ1) is 13.4. The maximum Gasteiger partial charge on any atom is 0.353 e. The number of hydrogen-bond donors (Lipinski definition) is 1. The molecule has 1 aromatic carbocycles. The second-order valence-corrected chi connectivity index (χ2v) is 5.57. The lowest BCUT2D eigenvalue weighted by atomic mass is 10.1. The van der Waals surface area contributed by atoms with Crippen LogP contribution in [0.15, 0.2) is 30.8 Å². The Labute approximate surface area is 161 Å². The molecular weight excluding hydrogens is 364 g/mol. The number of carbonyl (C=O) groups excluding carboxylic acids is 1. The minimum Gasteiger partial charge on any atom is -0.465 e. The Morgan fingerprint density at radius 3 is 2.86 bits per heavy atom. The molecule has 1 heterocycles. The van der Waals surface area contributed by atoms with Gasteiger partial charge in [-0.1, -0.05) is 18.7 Å². The maximum atomic E-state index is 12.1. The van der Waals surface area contributed by atoms with Crippen LogP contribution < -0.4 is 10.6 Å². The Bertz CT molecular complexity index is 954. The number of nitriles is 1. The van der Waals surface area contributed by atoms with Gasteiger partial charge in [-0.3, -0.25) is 14.9 Å². The van der Waals surface area contributed by atoms with Gasteiger partial charge in [-0.05, 0) is 30.7 Å². The zero-order chi connectivity index (χ0) is 20.7. The summed E-state index contributed by atoms with van der Waals surface area (Å²) < 4.78 is 4.97. The fourth-order valence-corrected chi connectivity index (χ4v) is 2.49. The number of aromatic nitrogens is 2. The molecular formula is C18H18N6O4. The van der Waals surface area contributed by atoms with Crippen LogP contribution in [0, 0.1) is 21.4 Å². The number of nitrogen functional groups attached to an aromatic ring is 1. The van der Waals surface area contributed by atoms with E-state index in [0.29, 0.717) is 11.1 Å². The quantitative estimate of drug-likeness (QED) is 0.411. The summed E-state index contributed by atoms with van der Waals surface area (Å²) in [6.45, 7) is 5.11. The largest absolute Gasteiger partial charge is 0.465 e. The Balaban J connectivity index is 2.56. The molecule has 0 spiro atoms. The number of hydrogen-bond acceptors (Lipinski definition) is 9. The smallest absolute Gasteiger partial charge is 0.353 e. The van der Waals surface area contributed by atoms with Crippen molar-refractivity contribution in [1.29, 1.82) is 5.26 Å². The van der Waals surface area contributed by atoms with E-state index in [0.717, 1.165) is 0 Å². The summed E-state index contributed by atoms with van der Waals surface area (Å²) in [4.78, 5) is 32.2. The Kier molecular flexibility index (Phi) is 6.59. The van der Waals surface area contributed by atoms with Crippen molar-refractivity contribution >= 4 is 29.4 Å². The van der Waals surface area contributed by atoms with Crippen molar-refractivity contribution in [3.8, 4) is 6.07 Å². The van der Waals surface area contributed by atoms with Crippen molar-refractivity contribution in [3.05, 3.63) is 57.9 Å². The van der Waals surface area contributed by atoms with Crippen molar-refractivity contribution in [2.24, 2.45) is 0 Å². The van der Waals surface area contributed by atoms with Gasteiger partial charge in [0.1, 0.15) is 6.54 Å². The zero-order valence-electron chi connectivity index (χ0n) is 15.2. The van der Waals surface area contributed by atoms with Gasteiger partial charge in [-0.15, -0.1) is 0 Å². The van der Waals surface area contributed by atoms with Gasteiger partial charge < -0.3 is 15.4 Å². The molecule has 10 heteroatoms. The molecule has 0 atom stereocenters. The van der Waals surface area contributed by atoms with E-state index in [1.54, 1.807) is 31.2 Å². The topological polar surface area (TPSA) is 148 Å². The van der Waals surface area contributed by atoms with E-state index in [2.05, 4.69) is 16.5 Å². The lowest BCUT2D eigenvalue weighted by molar-refractivity contribution is -0.383. The molecule has 0 amide bonds. The molecule has 1 aromatic heterocycles. The number of rotatable bonds is 8. The molecule has 0 fully saturated rings. The van der Waals surface area contributed by atoms with Gasteiger partial charge in [0.25, 0.3) is 0 Å². The summed E-state index contributed by atoms with van der Waals surface area (Å²) in [5.41, 5.74) is 6.28. The molecule has 2 aromatic rings. The molecule has 0 aliphatic rings. The van der Waals surface area contributed by atoms with Crippen LogP contribution in [-0.4, -0.2) is 34.0 Å². The first kappa shape index (κ1) is 20.3. The Morgan fingerprint density at radius 1 is 1.50 bits per heavy atom. The average molecular weight is 382 g/mol. The third-order valence-electron chi connectivity index (χ3n) is 3.63. The summed E-state index contributed by atoms with van der Waals surface area (Å²) in [5.74, 6) is -0.990. The van der Waals surface area contributed by atoms with Crippen LogP contribution >= 0.6 is 0 Å². The van der Waals surface area contributed by atoms with Crippen LogP contribution in [0.2, 0.25) is 0 Å². The predicted octanol–water partition coefficient (Wildman–Crippen LogP) is 2.05. The SMILES string of the molecule is C=Cc1nc(N)c([N+](=O)[O-])c(N(CC(=O)OCC)Cc2cccc(C#N)c2)n1. The fourth-order valence-electron chi connectivity index (χ4n) is 2.49. The van der Waals surface area contributed by atoms with Crippen molar-refractivity contribution in [1.82, 2.24) is 9.97 Å². The third-order valence-corrected chi connectivity index (χ3v) is 3.63. The molecule has 0 aliphatic heterocycles. The lowest BCUT2D eigenvalue weighted by Crippen LogP contribution is -2.32. The monoisotopic (exact) mass is 382 g/mol. The molecule has 0 saturated heterocycles. The van der Waals surface area contributed by atoms with Crippen LogP contribution in [0.1, 0.15) is 23.9 Å². The highest BCUT2D eigenvalue weighted by Gasteiger charge is 2.28. The maximum absolute atomic E-state index is 12.1. The lowest BCUT2D eigenvalue weighted by Gasteiger charge is -2.23. The molecule has 0 saturated carbocycles. The van der Waals surface area contributed by atoms with E-state index < -0.39 is 16.6 Å². The molecule has 144 valence electrons. The molecule has 10 nitrogen and oxygen atoms in total. The molecule has 2 rings (SSSR count). The van der Waals surface area contributed by atoms with Gasteiger partial charge in [-0.2, -0.15) is 5.26 Å². The Morgan fingerprint density at radius 2 is 2.25 bits per heavy atom. The number of benzene rings is 1. The number of nitro groups is 1. The summed E-state index contributed by atoms with van der Waals surface area (Å²) >= 11 is 0. The third kappa shape index (κ3) is 4.79. The second-order valence-electron chi connectivity index (χ2n) is 5.57. The Hall–Kier alpha value is -4.00. The van der Waals surface area contributed by atoms with Crippen molar-refractivity contribution in [2.75, 3.05) is 23.8 Å². The van der Waals surface area contributed by atoms with Crippen molar-refractivity contribution in [3.63, 3.8) is 0 Å². The molecule has 28 heavy (non-hydrogen) atoms. The van der Waals surface area contributed by atoms with Crippen LogP contribution in [0.5, 0.6) is 0 Å². The molecule has 0 unspecified atom stereocenters. The highest BCUT2D eigenvalue weighted by atomic mass is 16.6. The second kappa shape index (κ2) is 9.09. The predicted molar refractivity (Wildman–Crippen MR) is 102 cm³/mol. The van der Waals surface area contributed by atoms with Crippen LogP contribution in [-0.2, 0) is 16.1 Å². The van der Waals surface area contributed by atoms with Crippen molar-refractivity contribution in [2.45, 2.75) is 13.5 Å². The number of nitrogens with two attached hydrogens (primary N) is 1. The molecule has 0 radical (unpaired) electrons. The number of esters is 1. The summed E-state index contributed by atoms with van der Waals surface area (Å²) in [6, 6.07) is 8.66. The minimum absolute atomic E-state index is 0.0577. The van der Waals surface area contributed by atoms with Gasteiger partial charge in [0.15, 0.2) is 5.82 Å². The van der Waals surface area contributed by atoms with E-state index in [9.17, 15) is 14.9 Å². The van der Waals surface area contributed by atoms with Gasteiger partial charge >= 0.3 is 11.7 Å².